The summed E-state index contributed by atoms with van der Waals surface area (Å²) >= 11 is 0. The summed E-state index contributed by atoms with van der Waals surface area (Å²) in [4.78, 5) is 10.5. The third-order valence-corrected chi connectivity index (χ3v) is 1.61. The van der Waals surface area contributed by atoms with Crippen LogP contribution < -0.4 is 0 Å². The predicted octanol–water partition coefficient (Wildman–Crippen LogP) is -1.98. The Morgan fingerprint density at radius 3 is 2.73 bits per heavy atom. The van der Waals surface area contributed by atoms with Gasteiger partial charge in [-0.3, -0.25) is 0 Å². The van der Waals surface area contributed by atoms with Crippen molar-refractivity contribution in [2.24, 2.45) is 0 Å². The first-order valence-electron chi connectivity index (χ1n) is 3.32. The van der Waals surface area contributed by atoms with E-state index in [1.807, 2.05) is 0 Å². The van der Waals surface area contributed by atoms with Gasteiger partial charge in [0.25, 0.3) is 0 Å². The van der Waals surface area contributed by atoms with Crippen molar-refractivity contribution in [1.82, 2.24) is 0 Å². The maximum atomic E-state index is 10.5. The van der Waals surface area contributed by atoms with Crippen molar-refractivity contribution in [3.05, 3.63) is 0 Å². The van der Waals surface area contributed by atoms with Gasteiger partial charge in [-0.05, 0) is 0 Å². The van der Waals surface area contributed by atoms with Gasteiger partial charge in [0.15, 0.2) is 6.10 Å². The molecule has 0 saturated carbocycles. The third-order valence-electron chi connectivity index (χ3n) is 1.61. The molecule has 0 aromatic heterocycles. The summed E-state index contributed by atoms with van der Waals surface area (Å²) in [6.07, 6.45) is -2.94. The molecule has 5 nitrogen and oxygen atoms in total. The number of esters is 1. The van der Waals surface area contributed by atoms with Crippen LogP contribution in [0.2, 0.25) is 0 Å². The third kappa shape index (κ3) is 1.68. The lowest BCUT2D eigenvalue weighted by Crippen LogP contribution is -2.29. The predicted molar refractivity (Wildman–Crippen MR) is 33.6 cm³/mol. The number of carbonyl (C=O) groups excluding carboxylic acids is 1. The molecule has 0 spiro atoms. The molecule has 0 amide bonds. The van der Waals surface area contributed by atoms with E-state index in [1.54, 1.807) is 0 Å². The van der Waals surface area contributed by atoms with Crippen LogP contribution in [0.4, 0.5) is 0 Å². The Labute approximate surface area is 63.2 Å². The van der Waals surface area contributed by atoms with Gasteiger partial charge in [0, 0.05) is 6.42 Å². The minimum atomic E-state index is -1.15. The molecule has 3 atom stereocenters. The number of carbonyl (C=O) groups is 1. The summed E-state index contributed by atoms with van der Waals surface area (Å²) in [7, 11) is 0. The van der Waals surface area contributed by atoms with Crippen molar-refractivity contribution in [2.45, 2.75) is 24.7 Å². The summed E-state index contributed by atoms with van der Waals surface area (Å²) in [6, 6.07) is 0. The van der Waals surface area contributed by atoms with Crippen LogP contribution in [0.1, 0.15) is 6.42 Å². The average Bonchev–Trinajstić information content (AvgIpc) is 2.31. The molecule has 0 aliphatic carbocycles. The first-order valence-corrected chi connectivity index (χ1v) is 3.32. The van der Waals surface area contributed by atoms with Gasteiger partial charge in [-0.2, -0.15) is 0 Å². The van der Waals surface area contributed by atoms with E-state index in [1.165, 1.54) is 0 Å². The zero-order valence-electron chi connectivity index (χ0n) is 5.80. The Hall–Kier alpha value is -0.650. The standard InChI is InChI=1S/C6H10O5/c7-2-4(9)5-1-3(8)6(10)11-5/h3-5,7-9H,1-2H2/t3-,4-,5+/m1/s1. The summed E-state index contributed by atoms with van der Waals surface area (Å²) in [5.74, 6) is -0.734. The van der Waals surface area contributed by atoms with E-state index in [9.17, 15) is 4.79 Å². The zero-order valence-corrected chi connectivity index (χ0v) is 5.80. The number of ether oxygens (including phenoxy) is 1. The topological polar surface area (TPSA) is 87.0 Å². The van der Waals surface area contributed by atoms with E-state index >= 15 is 0 Å². The molecule has 1 saturated heterocycles. The SMILES string of the molecule is O=C1O[C@H]([C@H](O)CO)C[C@H]1O. The first kappa shape index (κ1) is 8.45. The van der Waals surface area contributed by atoms with E-state index in [-0.39, 0.29) is 6.42 Å². The quantitative estimate of drug-likeness (QED) is 0.409. The first-order chi connectivity index (χ1) is 5.15. The van der Waals surface area contributed by atoms with Crippen molar-refractivity contribution in [3.8, 4) is 0 Å². The molecule has 0 radical (unpaired) electrons. The van der Waals surface area contributed by atoms with Crippen molar-refractivity contribution in [3.63, 3.8) is 0 Å². The van der Waals surface area contributed by atoms with Crippen LogP contribution in [0.25, 0.3) is 0 Å². The van der Waals surface area contributed by atoms with Crippen LogP contribution in [0.3, 0.4) is 0 Å². The smallest absolute Gasteiger partial charge is 0.335 e. The molecule has 0 aromatic carbocycles. The molecule has 1 aliphatic rings. The lowest BCUT2D eigenvalue weighted by molar-refractivity contribution is -0.151. The summed E-state index contributed by atoms with van der Waals surface area (Å²) in [6.45, 7) is -0.468. The van der Waals surface area contributed by atoms with Gasteiger partial charge in [-0.25, -0.2) is 4.79 Å². The lowest BCUT2D eigenvalue weighted by atomic mass is 10.1. The van der Waals surface area contributed by atoms with Crippen LogP contribution in [-0.4, -0.2) is 46.2 Å². The molecule has 1 rings (SSSR count). The molecular formula is C6H10O5. The molecule has 64 valence electrons. The molecule has 11 heavy (non-hydrogen) atoms. The fourth-order valence-electron chi connectivity index (χ4n) is 0.945. The summed E-state index contributed by atoms with van der Waals surface area (Å²) in [5.41, 5.74) is 0. The van der Waals surface area contributed by atoms with E-state index in [0.717, 1.165) is 0 Å². The van der Waals surface area contributed by atoms with Gasteiger partial charge in [0.05, 0.1) is 6.61 Å². The second-order valence-corrected chi connectivity index (χ2v) is 2.48. The number of hydrogen-bond acceptors (Lipinski definition) is 5. The van der Waals surface area contributed by atoms with Crippen LogP contribution >= 0.6 is 0 Å². The number of cyclic esters (lactones) is 1. The van der Waals surface area contributed by atoms with Crippen molar-refractivity contribution < 1.29 is 24.9 Å². The molecule has 3 N–H and O–H groups in total. The van der Waals surface area contributed by atoms with E-state index < -0.39 is 30.9 Å². The maximum absolute atomic E-state index is 10.5. The Bertz CT molecular complexity index is 157. The van der Waals surface area contributed by atoms with Gasteiger partial charge in [0.1, 0.15) is 12.2 Å². The monoisotopic (exact) mass is 162 g/mol. The van der Waals surface area contributed by atoms with E-state index in [0.29, 0.717) is 0 Å². The minimum Gasteiger partial charge on any atom is -0.457 e. The van der Waals surface area contributed by atoms with Crippen molar-refractivity contribution >= 4 is 5.97 Å². The Kier molecular flexibility index (Phi) is 2.43. The Balaban J connectivity index is 2.46. The Morgan fingerprint density at radius 1 is 1.73 bits per heavy atom. The van der Waals surface area contributed by atoms with Crippen molar-refractivity contribution in [1.29, 1.82) is 0 Å². The average molecular weight is 162 g/mol. The van der Waals surface area contributed by atoms with Gasteiger partial charge in [0.2, 0.25) is 0 Å². The summed E-state index contributed by atoms with van der Waals surface area (Å²) in [5, 5.41) is 26.2. The number of aliphatic hydroxyl groups excluding tert-OH is 3. The van der Waals surface area contributed by atoms with Crippen LogP contribution in [0.15, 0.2) is 0 Å². The Morgan fingerprint density at radius 2 is 2.36 bits per heavy atom. The fourth-order valence-corrected chi connectivity index (χ4v) is 0.945. The summed E-state index contributed by atoms with van der Waals surface area (Å²) < 4.78 is 4.53. The highest BCUT2D eigenvalue weighted by Crippen LogP contribution is 2.17. The number of hydrogen-bond donors (Lipinski definition) is 3. The van der Waals surface area contributed by atoms with Gasteiger partial charge in [-0.15, -0.1) is 0 Å². The number of aliphatic hydroxyl groups is 3. The maximum Gasteiger partial charge on any atom is 0.335 e. The van der Waals surface area contributed by atoms with Crippen molar-refractivity contribution in [2.75, 3.05) is 6.61 Å². The van der Waals surface area contributed by atoms with Gasteiger partial charge in [-0.1, -0.05) is 0 Å². The molecule has 0 unspecified atom stereocenters. The van der Waals surface area contributed by atoms with Crippen LogP contribution in [0.5, 0.6) is 0 Å². The molecule has 1 aliphatic heterocycles. The lowest BCUT2D eigenvalue weighted by Gasteiger charge is -2.12. The molecule has 5 heteroatoms. The molecular weight excluding hydrogens is 152 g/mol. The highest BCUT2D eigenvalue weighted by atomic mass is 16.6. The minimum absolute atomic E-state index is 0.0561. The molecule has 0 bridgehead atoms. The van der Waals surface area contributed by atoms with E-state index in [4.69, 9.17) is 15.3 Å². The second-order valence-electron chi connectivity index (χ2n) is 2.48. The molecule has 1 fully saturated rings. The largest absolute Gasteiger partial charge is 0.457 e. The highest BCUT2D eigenvalue weighted by molar-refractivity contribution is 5.76. The van der Waals surface area contributed by atoms with Gasteiger partial charge < -0.3 is 20.1 Å². The molecule has 0 aromatic rings. The normalized spacial score (nSPS) is 33.5. The van der Waals surface area contributed by atoms with Crippen LogP contribution in [0, 0.1) is 0 Å². The van der Waals surface area contributed by atoms with Gasteiger partial charge >= 0.3 is 5.97 Å². The molecule has 1 heterocycles. The fraction of sp³-hybridized carbons (Fsp3) is 0.833. The zero-order chi connectivity index (χ0) is 8.43. The highest BCUT2D eigenvalue weighted by Gasteiger charge is 2.36. The van der Waals surface area contributed by atoms with E-state index in [2.05, 4.69) is 4.74 Å². The second kappa shape index (κ2) is 3.17. The number of rotatable bonds is 2. The van der Waals surface area contributed by atoms with Crippen LogP contribution in [-0.2, 0) is 9.53 Å².